The number of aromatic nitrogens is 1. The van der Waals surface area contributed by atoms with Crippen molar-refractivity contribution in [3.05, 3.63) is 33.9 Å². The number of hydrogen-bond acceptors (Lipinski definition) is 5. The van der Waals surface area contributed by atoms with Crippen LogP contribution < -0.4 is 20.4 Å². The summed E-state index contributed by atoms with van der Waals surface area (Å²) in [5.41, 5.74) is -0.216. The highest BCUT2D eigenvalue weighted by Gasteiger charge is 2.32. The smallest absolute Gasteiger partial charge is 0.341 e. The number of piperazine rings is 1. The predicted octanol–water partition coefficient (Wildman–Crippen LogP) is 2.37. The van der Waals surface area contributed by atoms with Crippen molar-refractivity contribution in [3.63, 3.8) is 0 Å². The van der Waals surface area contributed by atoms with Gasteiger partial charge in [-0.1, -0.05) is 6.92 Å². The maximum atomic E-state index is 15.2. The number of carbonyl (C=O) groups is 1. The molecule has 1 aromatic carbocycles. The summed E-state index contributed by atoms with van der Waals surface area (Å²) >= 11 is 0. The minimum absolute atomic E-state index is 0.0482. The number of benzene rings is 1. The number of pyridine rings is 1. The first-order chi connectivity index (χ1) is 13.5. The van der Waals surface area contributed by atoms with Crippen molar-refractivity contribution in [2.45, 2.75) is 38.3 Å². The molecule has 2 heterocycles. The third-order valence-electron chi connectivity index (χ3n) is 5.64. The van der Waals surface area contributed by atoms with Gasteiger partial charge >= 0.3 is 5.97 Å². The van der Waals surface area contributed by atoms with E-state index in [1.807, 2.05) is 4.90 Å². The molecule has 7 nitrogen and oxygen atoms in total. The highest BCUT2D eigenvalue weighted by molar-refractivity contribution is 5.97. The molecular weight excluding hydrogens is 365 g/mol. The van der Waals surface area contributed by atoms with E-state index in [1.165, 1.54) is 19.4 Å². The second-order valence-electron chi connectivity index (χ2n) is 7.46. The maximum absolute atomic E-state index is 15.2. The minimum atomic E-state index is -1.31. The summed E-state index contributed by atoms with van der Waals surface area (Å²) in [6.45, 7) is 4.06. The Kier molecular flexibility index (Phi) is 4.74. The molecule has 0 radical (unpaired) electrons. The lowest BCUT2D eigenvalue weighted by Crippen LogP contribution is -2.50. The summed E-state index contributed by atoms with van der Waals surface area (Å²) in [6, 6.07) is 1.51. The van der Waals surface area contributed by atoms with E-state index in [1.54, 1.807) is 4.57 Å². The molecule has 2 N–H and O–H groups in total. The van der Waals surface area contributed by atoms with E-state index in [-0.39, 0.29) is 23.0 Å². The number of nitrogens with zero attached hydrogens (tertiary/aromatic N) is 2. The zero-order valence-corrected chi connectivity index (χ0v) is 16.0. The predicted molar refractivity (Wildman–Crippen MR) is 104 cm³/mol. The number of aromatic carboxylic acids is 1. The molecule has 2 fully saturated rings. The van der Waals surface area contributed by atoms with E-state index >= 15 is 4.39 Å². The van der Waals surface area contributed by atoms with Crippen LogP contribution in [0.2, 0.25) is 0 Å². The molecule has 1 aromatic heterocycles. The second-order valence-corrected chi connectivity index (χ2v) is 7.46. The maximum Gasteiger partial charge on any atom is 0.341 e. The first-order valence-electron chi connectivity index (χ1n) is 9.63. The molecule has 28 heavy (non-hydrogen) atoms. The first kappa shape index (κ1) is 18.7. The molecule has 8 heteroatoms. The molecule has 4 rings (SSSR count). The summed E-state index contributed by atoms with van der Waals surface area (Å²) in [4.78, 5) is 26.2. The Morgan fingerprint density at radius 3 is 2.79 bits per heavy atom. The SMILES string of the molecule is CCC1CN(c2c(F)cc3c(=O)c(C(=O)O)cn(C4CC4)c3c2OC)CCN1. The summed E-state index contributed by atoms with van der Waals surface area (Å²) in [5, 5.41) is 12.9. The van der Waals surface area contributed by atoms with E-state index in [0.29, 0.717) is 30.0 Å². The fourth-order valence-corrected chi connectivity index (χ4v) is 4.03. The van der Waals surface area contributed by atoms with Gasteiger partial charge < -0.3 is 24.6 Å². The standard InChI is InChI=1S/C20H24FN3O4/c1-3-11-9-23(7-6-22-11)17-15(21)8-13-16(19(17)28-2)24(12-4-5-12)10-14(18(13)25)20(26)27/h8,10-12,22H,3-7,9H2,1-2H3,(H,26,27). The number of carboxylic acids is 1. The molecule has 0 spiro atoms. The molecule has 1 saturated heterocycles. The molecule has 0 amide bonds. The van der Waals surface area contributed by atoms with Gasteiger partial charge in [-0.2, -0.15) is 0 Å². The van der Waals surface area contributed by atoms with Gasteiger partial charge in [0.2, 0.25) is 5.43 Å². The zero-order valence-electron chi connectivity index (χ0n) is 16.0. The van der Waals surface area contributed by atoms with Gasteiger partial charge in [0, 0.05) is 37.9 Å². The van der Waals surface area contributed by atoms with Crippen LogP contribution in [0.3, 0.4) is 0 Å². The molecule has 1 aliphatic carbocycles. The van der Waals surface area contributed by atoms with Gasteiger partial charge in [0.05, 0.1) is 18.0 Å². The molecule has 2 aliphatic rings. The van der Waals surface area contributed by atoms with E-state index < -0.39 is 17.2 Å². The van der Waals surface area contributed by atoms with E-state index in [4.69, 9.17) is 4.74 Å². The van der Waals surface area contributed by atoms with Gasteiger partial charge in [0.15, 0.2) is 11.6 Å². The lowest BCUT2D eigenvalue weighted by molar-refractivity contribution is 0.0695. The Labute approximate surface area is 161 Å². The van der Waals surface area contributed by atoms with Gasteiger partial charge in [-0.25, -0.2) is 9.18 Å². The lowest BCUT2D eigenvalue weighted by Gasteiger charge is -2.36. The van der Waals surface area contributed by atoms with Crippen molar-refractivity contribution in [1.29, 1.82) is 0 Å². The number of carboxylic acid groups (broad SMARTS) is 1. The number of anilines is 1. The number of ether oxygens (including phenoxy) is 1. The molecule has 0 bridgehead atoms. The average molecular weight is 389 g/mol. The number of hydrogen-bond donors (Lipinski definition) is 2. The fraction of sp³-hybridized carbons (Fsp3) is 0.500. The van der Waals surface area contributed by atoms with Crippen LogP contribution in [-0.4, -0.2) is 48.4 Å². The average Bonchev–Trinajstić information content (AvgIpc) is 3.52. The van der Waals surface area contributed by atoms with Crippen molar-refractivity contribution in [2.24, 2.45) is 0 Å². The monoisotopic (exact) mass is 389 g/mol. The van der Waals surface area contributed by atoms with Crippen LogP contribution in [0, 0.1) is 5.82 Å². The lowest BCUT2D eigenvalue weighted by atomic mass is 10.1. The molecule has 1 aliphatic heterocycles. The van der Waals surface area contributed by atoms with Gasteiger partial charge in [-0.05, 0) is 25.3 Å². The van der Waals surface area contributed by atoms with Crippen LogP contribution in [0.1, 0.15) is 42.6 Å². The van der Waals surface area contributed by atoms with E-state index in [0.717, 1.165) is 25.8 Å². The number of fused-ring (bicyclic) bond motifs is 1. The van der Waals surface area contributed by atoms with Crippen LogP contribution in [0.15, 0.2) is 17.1 Å². The summed E-state index contributed by atoms with van der Waals surface area (Å²) in [7, 11) is 1.46. The normalized spacial score (nSPS) is 19.8. The Hall–Kier alpha value is -2.61. The topological polar surface area (TPSA) is 83.8 Å². The summed E-state index contributed by atoms with van der Waals surface area (Å²) < 4.78 is 22.6. The largest absolute Gasteiger partial charge is 0.492 e. The summed E-state index contributed by atoms with van der Waals surface area (Å²) in [6.07, 6.45) is 4.07. The number of methoxy groups -OCH3 is 1. The molecule has 1 saturated carbocycles. The third-order valence-corrected chi connectivity index (χ3v) is 5.64. The number of halogens is 1. The van der Waals surface area contributed by atoms with Gasteiger partial charge in [0.1, 0.15) is 11.3 Å². The van der Waals surface area contributed by atoms with Crippen LogP contribution >= 0.6 is 0 Å². The fourth-order valence-electron chi connectivity index (χ4n) is 4.03. The van der Waals surface area contributed by atoms with Crippen LogP contribution in [0.5, 0.6) is 5.75 Å². The van der Waals surface area contributed by atoms with Gasteiger partial charge in [0.25, 0.3) is 0 Å². The van der Waals surface area contributed by atoms with Crippen molar-refractivity contribution in [3.8, 4) is 5.75 Å². The third kappa shape index (κ3) is 3.01. The first-order valence-corrected chi connectivity index (χ1v) is 9.63. The summed E-state index contributed by atoms with van der Waals surface area (Å²) in [5.74, 6) is -1.58. The van der Waals surface area contributed by atoms with E-state index in [2.05, 4.69) is 12.2 Å². The van der Waals surface area contributed by atoms with Crippen molar-refractivity contribution < 1.29 is 19.0 Å². The molecule has 150 valence electrons. The quantitative estimate of drug-likeness (QED) is 0.817. The molecule has 1 atom stereocenters. The molecule has 2 aromatic rings. The van der Waals surface area contributed by atoms with Gasteiger partial charge in [-0.15, -0.1) is 0 Å². The Balaban J connectivity index is 1.99. The zero-order chi connectivity index (χ0) is 20.0. The Morgan fingerprint density at radius 1 is 1.43 bits per heavy atom. The van der Waals surface area contributed by atoms with Crippen LogP contribution in [0.25, 0.3) is 10.9 Å². The van der Waals surface area contributed by atoms with Crippen LogP contribution in [-0.2, 0) is 0 Å². The second kappa shape index (κ2) is 7.09. The number of nitrogens with one attached hydrogen (secondary N) is 1. The van der Waals surface area contributed by atoms with Crippen molar-refractivity contribution in [1.82, 2.24) is 9.88 Å². The van der Waals surface area contributed by atoms with E-state index in [9.17, 15) is 14.7 Å². The Bertz CT molecular complexity index is 999. The Morgan fingerprint density at radius 2 is 2.18 bits per heavy atom. The van der Waals surface area contributed by atoms with Crippen molar-refractivity contribution in [2.75, 3.05) is 31.6 Å². The number of rotatable bonds is 5. The highest BCUT2D eigenvalue weighted by Crippen LogP contribution is 2.43. The highest BCUT2D eigenvalue weighted by atomic mass is 19.1. The van der Waals surface area contributed by atoms with Gasteiger partial charge in [-0.3, -0.25) is 4.79 Å². The van der Waals surface area contributed by atoms with Crippen molar-refractivity contribution >= 4 is 22.6 Å². The van der Waals surface area contributed by atoms with Crippen LogP contribution in [0.4, 0.5) is 10.1 Å². The minimum Gasteiger partial charge on any atom is -0.492 e. The molecular formula is C20H24FN3O4. The molecule has 1 unspecified atom stereocenters.